The van der Waals surface area contributed by atoms with Gasteiger partial charge in [0.1, 0.15) is 11.5 Å². The Morgan fingerprint density at radius 2 is 2.07 bits per heavy atom. The molecule has 2 amide bonds. The standard InChI is InChI=1S/C18H12N4O5/c23-12-8-14(26-13-6-2-1-4-10(12)13)18(25)20-9-15-21-16(22-27-15)11-5-3-7-19-17(11)24/h1-8,11H,9H2,(H,20,25). The van der Waals surface area contributed by atoms with E-state index in [0.717, 1.165) is 6.07 Å². The van der Waals surface area contributed by atoms with Crippen LogP contribution in [0.25, 0.3) is 11.0 Å². The smallest absolute Gasteiger partial charge is 0.287 e. The van der Waals surface area contributed by atoms with Gasteiger partial charge in [0.2, 0.25) is 5.89 Å². The lowest BCUT2D eigenvalue weighted by Crippen LogP contribution is -2.24. The van der Waals surface area contributed by atoms with Crippen LogP contribution in [0.15, 0.2) is 61.2 Å². The summed E-state index contributed by atoms with van der Waals surface area (Å²) < 4.78 is 10.5. The number of fused-ring (bicyclic) bond motifs is 1. The number of aliphatic imine (C=N–C) groups is 1. The van der Waals surface area contributed by atoms with Crippen LogP contribution >= 0.6 is 0 Å². The van der Waals surface area contributed by atoms with E-state index in [1.165, 1.54) is 6.21 Å². The van der Waals surface area contributed by atoms with Crippen molar-refractivity contribution in [1.82, 2.24) is 15.5 Å². The molecule has 9 nitrogen and oxygen atoms in total. The van der Waals surface area contributed by atoms with Crippen molar-refractivity contribution in [2.45, 2.75) is 12.5 Å². The number of carbonyl (C=O) groups is 2. The molecule has 9 heteroatoms. The topological polar surface area (TPSA) is 128 Å². The minimum atomic E-state index is -0.707. The molecule has 1 atom stereocenters. The van der Waals surface area contributed by atoms with Crippen LogP contribution in [0.5, 0.6) is 0 Å². The van der Waals surface area contributed by atoms with E-state index in [-0.39, 0.29) is 29.4 Å². The molecule has 0 aliphatic carbocycles. The van der Waals surface area contributed by atoms with Gasteiger partial charge in [-0.15, -0.1) is 0 Å². The molecular weight excluding hydrogens is 352 g/mol. The second kappa shape index (κ2) is 6.79. The minimum Gasteiger partial charge on any atom is -0.451 e. The fraction of sp³-hybridized carbons (Fsp3) is 0.111. The van der Waals surface area contributed by atoms with E-state index in [4.69, 9.17) is 8.94 Å². The molecule has 4 rings (SSSR count). The van der Waals surface area contributed by atoms with E-state index < -0.39 is 17.7 Å². The number of carbonyl (C=O) groups excluding carboxylic acids is 2. The first-order valence-corrected chi connectivity index (χ1v) is 8.00. The van der Waals surface area contributed by atoms with Gasteiger partial charge in [0, 0.05) is 12.3 Å². The number of allylic oxidation sites excluding steroid dienone is 1. The fourth-order valence-electron chi connectivity index (χ4n) is 2.56. The van der Waals surface area contributed by atoms with Gasteiger partial charge in [-0.2, -0.15) is 4.98 Å². The Morgan fingerprint density at radius 3 is 2.93 bits per heavy atom. The molecule has 0 bridgehead atoms. The zero-order valence-electron chi connectivity index (χ0n) is 13.8. The van der Waals surface area contributed by atoms with E-state index >= 15 is 0 Å². The zero-order chi connectivity index (χ0) is 18.8. The highest BCUT2D eigenvalue weighted by molar-refractivity contribution is 5.97. The summed E-state index contributed by atoms with van der Waals surface area (Å²) in [5, 5.41) is 6.67. The fourth-order valence-corrected chi connectivity index (χ4v) is 2.56. The predicted molar refractivity (Wildman–Crippen MR) is 93.3 cm³/mol. The maximum atomic E-state index is 12.3. The molecular formula is C18H12N4O5. The summed E-state index contributed by atoms with van der Waals surface area (Å²) in [5.41, 5.74) is 0.00334. The number of hydrogen-bond acceptors (Lipinski definition) is 7. The quantitative estimate of drug-likeness (QED) is 0.740. The van der Waals surface area contributed by atoms with Gasteiger partial charge in [-0.05, 0) is 18.2 Å². The van der Waals surface area contributed by atoms with Crippen molar-refractivity contribution in [2.75, 3.05) is 0 Å². The number of nitrogens with one attached hydrogen (secondary N) is 1. The van der Waals surface area contributed by atoms with Crippen molar-refractivity contribution in [3.8, 4) is 0 Å². The number of para-hydroxylation sites is 1. The van der Waals surface area contributed by atoms with Crippen molar-refractivity contribution >= 4 is 29.0 Å². The van der Waals surface area contributed by atoms with Crippen molar-refractivity contribution in [3.63, 3.8) is 0 Å². The van der Waals surface area contributed by atoms with Crippen LogP contribution < -0.4 is 10.7 Å². The molecule has 1 N–H and O–H groups in total. The first-order chi connectivity index (χ1) is 13.1. The van der Waals surface area contributed by atoms with E-state index in [2.05, 4.69) is 20.4 Å². The van der Waals surface area contributed by atoms with Crippen molar-refractivity contribution in [1.29, 1.82) is 0 Å². The average Bonchev–Trinajstić information content (AvgIpc) is 3.15. The van der Waals surface area contributed by atoms with Gasteiger partial charge in [-0.25, -0.2) is 4.99 Å². The summed E-state index contributed by atoms with van der Waals surface area (Å²) in [5.74, 6) is -1.56. The molecule has 0 radical (unpaired) electrons. The number of amides is 2. The summed E-state index contributed by atoms with van der Waals surface area (Å²) in [4.78, 5) is 43.8. The summed E-state index contributed by atoms with van der Waals surface area (Å²) in [6.07, 6.45) is 4.61. The molecule has 1 aliphatic rings. The van der Waals surface area contributed by atoms with E-state index in [1.54, 1.807) is 36.4 Å². The molecule has 27 heavy (non-hydrogen) atoms. The first kappa shape index (κ1) is 16.6. The largest absolute Gasteiger partial charge is 0.451 e. The third-order valence-electron chi connectivity index (χ3n) is 3.88. The van der Waals surface area contributed by atoms with Gasteiger partial charge in [0.15, 0.2) is 17.0 Å². The van der Waals surface area contributed by atoms with Gasteiger partial charge in [0.25, 0.3) is 11.8 Å². The summed E-state index contributed by atoms with van der Waals surface area (Å²) in [7, 11) is 0. The number of rotatable bonds is 4. The van der Waals surface area contributed by atoms with Gasteiger partial charge >= 0.3 is 0 Å². The number of aromatic nitrogens is 2. The molecule has 0 spiro atoms. The van der Waals surface area contributed by atoms with Crippen LogP contribution in [0.1, 0.15) is 28.2 Å². The summed E-state index contributed by atoms with van der Waals surface area (Å²) in [6.45, 7) is -0.0870. The summed E-state index contributed by atoms with van der Waals surface area (Å²) in [6, 6.07) is 7.77. The van der Waals surface area contributed by atoms with Crippen LogP contribution in [0.2, 0.25) is 0 Å². The Balaban J connectivity index is 1.47. The second-order valence-corrected chi connectivity index (χ2v) is 5.68. The first-order valence-electron chi connectivity index (χ1n) is 8.00. The maximum Gasteiger partial charge on any atom is 0.287 e. The molecule has 1 aromatic carbocycles. The van der Waals surface area contributed by atoms with E-state index in [1.807, 2.05) is 0 Å². The Morgan fingerprint density at radius 1 is 1.22 bits per heavy atom. The third kappa shape index (κ3) is 3.30. The Hall–Kier alpha value is -3.88. The monoisotopic (exact) mass is 364 g/mol. The van der Waals surface area contributed by atoms with E-state index in [0.29, 0.717) is 11.0 Å². The van der Waals surface area contributed by atoms with Crippen LogP contribution in [0, 0.1) is 0 Å². The molecule has 134 valence electrons. The summed E-state index contributed by atoms with van der Waals surface area (Å²) >= 11 is 0. The third-order valence-corrected chi connectivity index (χ3v) is 3.88. The van der Waals surface area contributed by atoms with Gasteiger partial charge in [-0.1, -0.05) is 23.4 Å². The maximum absolute atomic E-state index is 12.3. The zero-order valence-corrected chi connectivity index (χ0v) is 13.8. The molecule has 0 saturated carbocycles. The van der Waals surface area contributed by atoms with Gasteiger partial charge < -0.3 is 14.3 Å². The molecule has 2 aromatic heterocycles. The van der Waals surface area contributed by atoms with Crippen molar-refractivity contribution in [2.24, 2.45) is 4.99 Å². The molecule has 0 fully saturated rings. The van der Waals surface area contributed by atoms with Crippen LogP contribution in [0.3, 0.4) is 0 Å². The van der Waals surface area contributed by atoms with E-state index in [9.17, 15) is 14.4 Å². The predicted octanol–water partition coefficient (Wildman–Crippen LogP) is 1.36. The van der Waals surface area contributed by atoms with Crippen LogP contribution in [0.4, 0.5) is 0 Å². The number of dihydropyridines is 1. The van der Waals surface area contributed by atoms with Crippen LogP contribution in [-0.4, -0.2) is 28.2 Å². The SMILES string of the molecule is O=C(NCc1nc(C2C=CC=NC2=O)no1)c1cc(=O)c2ccccc2o1. The Labute approximate surface area is 151 Å². The molecule has 3 aromatic rings. The van der Waals surface area contributed by atoms with Gasteiger partial charge in [0.05, 0.1) is 11.9 Å². The minimum absolute atomic E-state index is 0.0870. The lowest BCUT2D eigenvalue weighted by atomic mass is 10.1. The number of benzene rings is 1. The molecule has 3 heterocycles. The molecule has 1 aliphatic heterocycles. The number of nitrogens with zero attached hydrogens (tertiary/aromatic N) is 3. The lowest BCUT2D eigenvalue weighted by Gasteiger charge is -2.05. The Kier molecular flexibility index (Phi) is 4.17. The highest BCUT2D eigenvalue weighted by Gasteiger charge is 2.24. The highest BCUT2D eigenvalue weighted by Crippen LogP contribution is 2.18. The normalized spacial score (nSPS) is 16.0. The lowest BCUT2D eigenvalue weighted by molar-refractivity contribution is -0.118. The van der Waals surface area contributed by atoms with Crippen molar-refractivity contribution in [3.05, 3.63) is 70.2 Å². The second-order valence-electron chi connectivity index (χ2n) is 5.68. The molecule has 0 saturated heterocycles. The van der Waals surface area contributed by atoms with Crippen LogP contribution in [-0.2, 0) is 11.3 Å². The highest BCUT2D eigenvalue weighted by atomic mass is 16.5. The van der Waals surface area contributed by atoms with Gasteiger partial charge in [-0.3, -0.25) is 14.4 Å². The molecule has 1 unspecified atom stereocenters. The number of hydrogen-bond donors (Lipinski definition) is 1. The van der Waals surface area contributed by atoms with Crippen molar-refractivity contribution < 1.29 is 18.5 Å². The average molecular weight is 364 g/mol. The Bertz CT molecular complexity index is 1160.